The van der Waals surface area contributed by atoms with Crippen molar-refractivity contribution in [2.24, 2.45) is 0 Å². The average molecular weight is 854 g/mol. The van der Waals surface area contributed by atoms with E-state index < -0.39 is 5.41 Å². The zero-order chi connectivity index (χ0) is 44.3. The monoisotopic (exact) mass is 853 g/mol. The van der Waals surface area contributed by atoms with E-state index in [1.165, 1.54) is 60.8 Å². The molecule has 1 heterocycles. The molecule has 0 amide bonds. The fraction of sp³-hybridized carbons (Fsp3) is 0.0154. The number of nitrogens with zero attached hydrogens (tertiary/aromatic N) is 1. The van der Waals surface area contributed by atoms with Gasteiger partial charge in [-0.15, -0.1) is 0 Å². The van der Waals surface area contributed by atoms with Crippen LogP contribution < -0.4 is 4.90 Å². The fourth-order valence-corrected chi connectivity index (χ4v) is 11.0. The van der Waals surface area contributed by atoms with Gasteiger partial charge in [-0.3, -0.25) is 0 Å². The summed E-state index contributed by atoms with van der Waals surface area (Å²) in [5, 5.41) is 4.71. The second-order valence-corrected chi connectivity index (χ2v) is 17.5. The Hall–Kier alpha value is -8.72. The second-order valence-electron chi connectivity index (χ2n) is 17.5. The van der Waals surface area contributed by atoms with Gasteiger partial charge in [0.25, 0.3) is 0 Å². The Morgan fingerprint density at radius 1 is 0.313 bits per heavy atom. The van der Waals surface area contributed by atoms with Crippen LogP contribution in [-0.2, 0) is 5.41 Å². The third-order valence-electron chi connectivity index (χ3n) is 14.0. The maximum Gasteiger partial charge on any atom is 0.136 e. The van der Waals surface area contributed by atoms with Gasteiger partial charge in [0.2, 0.25) is 0 Å². The molecule has 1 aliphatic rings. The lowest BCUT2D eigenvalue weighted by Gasteiger charge is -2.34. The van der Waals surface area contributed by atoms with Gasteiger partial charge in [-0.2, -0.15) is 0 Å². The smallest absolute Gasteiger partial charge is 0.136 e. The lowest BCUT2D eigenvalue weighted by Crippen LogP contribution is -2.28. The molecule has 13 rings (SSSR count). The highest BCUT2D eigenvalue weighted by Gasteiger charge is 2.46. The molecule has 1 aliphatic carbocycles. The summed E-state index contributed by atoms with van der Waals surface area (Å²) in [6, 6.07) is 95.0. The van der Waals surface area contributed by atoms with Crippen LogP contribution in [0, 0.1) is 0 Å². The van der Waals surface area contributed by atoms with Gasteiger partial charge in [-0.05, 0) is 121 Å². The minimum Gasteiger partial charge on any atom is -0.456 e. The summed E-state index contributed by atoms with van der Waals surface area (Å²) >= 11 is 0. The molecule has 0 saturated carbocycles. The van der Waals surface area contributed by atoms with Gasteiger partial charge >= 0.3 is 0 Å². The first-order valence-corrected chi connectivity index (χ1v) is 23.1. The van der Waals surface area contributed by atoms with Crippen molar-refractivity contribution in [3.05, 3.63) is 283 Å². The Balaban J connectivity index is 0.965. The summed E-state index contributed by atoms with van der Waals surface area (Å²) in [6.45, 7) is 0. The molecule has 0 spiro atoms. The summed E-state index contributed by atoms with van der Waals surface area (Å²) in [4.78, 5) is 2.41. The van der Waals surface area contributed by atoms with Gasteiger partial charge in [0, 0.05) is 27.7 Å². The van der Waals surface area contributed by atoms with Crippen LogP contribution in [0.2, 0.25) is 0 Å². The maximum absolute atomic E-state index is 6.42. The van der Waals surface area contributed by atoms with Crippen molar-refractivity contribution in [2.45, 2.75) is 5.41 Å². The Bertz CT molecular complexity index is 3750. The Morgan fingerprint density at radius 3 is 1.60 bits per heavy atom. The molecule has 0 radical (unpaired) electrons. The predicted molar refractivity (Wildman–Crippen MR) is 280 cm³/mol. The van der Waals surface area contributed by atoms with Crippen molar-refractivity contribution in [3.63, 3.8) is 0 Å². The number of anilines is 3. The van der Waals surface area contributed by atoms with E-state index in [-0.39, 0.29) is 0 Å². The van der Waals surface area contributed by atoms with E-state index in [1.807, 2.05) is 6.07 Å². The predicted octanol–water partition coefficient (Wildman–Crippen LogP) is 17.6. The summed E-state index contributed by atoms with van der Waals surface area (Å²) in [7, 11) is 0. The molecule has 2 heteroatoms. The number of hydrogen-bond donors (Lipinski definition) is 0. The number of hydrogen-bond acceptors (Lipinski definition) is 2. The van der Waals surface area contributed by atoms with Gasteiger partial charge in [-0.1, -0.05) is 212 Å². The molecule has 67 heavy (non-hydrogen) atoms. The van der Waals surface area contributed by atoms with Crippen LogP contribution in [0.25, 0.3) is 77.2 Å². The molecular weight excluding hydrogens is 811 g/mol. The number of fused-ring (bicyclic) bond motifs is 7. The van der Waals surface area contributed by atoms with Crippen LogP contribution >= 0.6 is 0 Å². The molecule has 0 atom stereocenters. The van der Waals surface area contributed by atoms with Crippen molar-refractivity contribution in [1.82, 2.24) is 0 Å². The molecule has 2 nitrogen and oxygen atoms in total. The van der Waals surface area contributed by atoms with Gasteiger partial charge in [-0.25, -0.2) is 0 Å². The fourth-order valence-electron chi connectivity index (χ4n) is 11.0. The Morgan fingerprint density at radius 2 is 0.836 bits per heavy atom. The van der Waals surface area contributed by atoms with E-state index >= 15 is 0 Å². The molecule has 0 bridgehead atoms. The molecule has 11 aromatic carbocycles. The zero-order valence-corrected chi connectivity index (χ0v) is 36.7. The first-order valence-electron chi connectivity index (χ1n) is 23.1. The van der Waals surface area contributed by atoms with E-state index in [1.54, 1.807) is 0 Å². The first kappa shape index (κ1) is 38.7. The van der Waals surface area contributed by atoms with Crippen LogP contribution in [-0.4, -0.2) is 0 Å². The van der Waals surface area contributed by atoms with Gasteiger partial charge < -0.3 is 9.32 Å². The highest BCUT2D eigenvalue weighted by Crippen LogP contribution is 2.57. The number of furan rings is 1. The molecule has 0 fully saturated rings. The highest BCUT2D eigenvalue weighted by atomic mass is 16.3. The number of para-hydroxylation sites is 2. The SMILES string of the molecule is c1ccc(C2(c3ccccc3)c3ccccc3-c3ccc(-c4ccc(N(c5ccc(-c6cccc7ccccc67)cc5)c5ccccc5-c5cccc6oc7ccccc7c56)cc4)cc32)cc1. The van der Waals surface area contributed by atoms with Gasteiger partial charge in [0.15, 0.2) is 0 Å². The van der Waals surface area contributed by atoms with Crippen molar-refractivity contribution in [2.75, 3.05) is 4.90 Å². The average Bonchev–Trinajstić information content (AvgIpc) is 3.94. The molecule has 0 saturated heterocycles. The van der Waals surface area contributed by atoms with E-state index in [0.717, 1.165) is 55.7 Å². The molecule has 0 N–H and O–H groups in total. The number of rotatable bonds is 8. The minimum atomic E-state index is -0.466. The normalized spacial score (nSPS) is 12.6. The van der Waals surface area contributed by atoms with E-state index in [0.29, 0.717) is 0 Å². The van der Waals surface area contributed by atoms with Crippen molar-refractivity contribution >= 4 is 49.8 Å². The lowest BCUT2D eigenvalue weighted by atomic mass is 9.67. The molecule has 0 unspecified atom stereocenters. The lowest BCUT2D eigenvalue weighted by molar-refractivity contribution is 0.669. The largest absolute Gasteiger partial charge is 0.456 e. The molecule has 12 aromatic rings. The van der Waals surface area contributed by atoms with Crippen LogP contribution in [0.15, 0.2) is 265 Å². The summed E-state index contributed by atoms with van der Waals surface area (Å²) in [5.74, 6) is 0. The van der Waals surface area contributed by atoms with Crippen LogP contribution in [0.4, 0.5) is 17.1 Å². The van der Waals surface area contributed by atoms with Crippen LogP contribution in [0.5, 0.6) is 0 Å². The number of benzene rings is 11. The van der Waals surface area contributed by atoms with Crippen LogP contribution in [0.3, 0.4) is 0 Å². The third-order valence-corrected chi connectivity index (χ3v) is 14.0. The maximum atomic E-state index is 6.42. The summed E-state index contributed by atoms with van der Waals surface area (Å²) < 4.78 is 6.42. The standard InChI is InChI=1S/C65H43NO/c1-3-19-48(20-4-1)65(49-21-5-2-6-22-49)59-29-12-9-24-54(59)55-42-37-47(43-60(55)65)44-33-38-50(39-34-44)66(51-40-35-46(36-41-51)53-27-15-18-45-17-7-8-23-52(45)53)61-30-13-10-25-56(61)57-28-16-32-63-64(57)58-26-11-14-31-62(58)67-63/h1-43H. The van der Waals surface area contributed by atoms with E-state index in [2.05, 4.69) is 260 Å². The summed E-state index contributed by atoms with van der Waals surface area (Å²) in [6.07, 6.45) is 0. The highest BCUT2D eigenvalue weighted by molar-refractivity contribution is 6.14. The Labute approximate surface area is 390 Å². The van der Waals surface area contributed by atoms with Crippen molar-refractivity contribution < 1.29 is 4.42 Å². The topological polar surface area (TPSA) is 16.4 Å². The Kier molecular flexibility index (Phi) is 9.11. The molecular formula is C65H43NO. The molecule has 1 aromatic heterocycles. The zero-order valence-electron chi connectivity index (χ0n) is 36.7. The van der Waals surface area contributed by atoms with Crippen LogP contribution in [0.1, 0.15) is 22.3 Å². The van der Waals surface area contributed by atoms with Gasteiger partial charge in [0.1, 0.15) is 11.2 Å². The first-order chi connectivity index (χ1) is 33.2. The van der Waals surface area contributed by atoms with E-state index in [4.69, 9.17) is 4.42 Å². The molecule has 0 aliphatic heterocycles. The van der Waals surface area contributed by atoms with E-state index in [9.17, 15) is 0 Å². The molecule has 314 valence electrons. The van der Waals surface area contributed by atoms with Crippen molar-refractivity contribution in [3.8, 4) is 44.5 Å². The van der Waals surface area contributed by atoms with Crippen molar-refractivity contribution in [1.29, 1.82) is 0 Å². The van der Waals surface area contributed by atoms with Gasteiger partial charge in [0.05, 0.1) is 11.1 Å². The second kappa shape index (κ2) is 15.8. The summed E-state index contributed by atoms with van der Waals surface area (Å²) in [5.41, 5.74) is 19.2. The third kappa shape index (κ3) is 6.18. The minimum absolute atomic E-state index is 0.466. The quantitative estimate of drug-likeness (QED) is 0.151.